The van der Waals surface area contributed by atoms with Gasteiger partial charge in [-0.1, -0.05) is 6.92 Å². The Labute approximate surface area is 104 Å². The highest BCUT2D eigenvalue weighted by molar-refractivity contribution is 5.85. The van der Waals surface area contributed by atoms with Crippen LogP contribution in [0.5, 0.6) is 0 Å². The van der Waals surface area contributed by atoms with Crippen molar-refractivity contribution >= 4 is 18.3 Å². The summed E-state index contributed by atoms with van der Waals surface area (Å²) in [6.07, 6.45) is 3.04. The Hall–Kier alpha value is -0.320. The first-order chi connectivity index (χ1) is 7.22. The third-order valence-corrected chi connectivity index (χ3v) is 2.75. The third kappa shape index (κ3) is 4.68. The fourth-order valence-electron chi connectivity index (χ4n) is 1.67. The van der Waals surface area contributed by atoms with Crippen molar-refractivity contribution in [1.29, 1.82) is 0 Å². The Kier molecular flexibility index (Phi) is 7.72. The fourth-order valence-corrected chi connectivity index (χ4v) is 1.67. The van der Waals surface area contributed by atoms with Gasteiger partial charge in [0.25, 0.3) is 5.91 Å². The molecule has 0 spiro atoms. The van der Waals surface area contributed by atoms with Gasteiger partial charge in [0.15, 0.2) is 0 Å². The van der Waals surface area contributed by atoms with Gasteiger partial charge < -0.3 is 15.4 Å². The standard InChI is InChI=1S/C11H22N2O2.ClH/c1-3-6-13(8-9-4-5-9)11(14)10(7-12)15-2;/h9-10H,3-8,12H2,1-2H3;1H. The molecule has 1 unspecified atom stereocenters. The number of nitrogens with two attached hydrogens (primary N) is 1. The van der Waals surface area contributed by atoms with Crippen molar-refractivity contribution < 1.29 is 9.53 Å². The molecule has 4 nitrogen and oxygen atoms in total. The summed E-state index contributed by atoms with van der Waals surface area (Å²) in [5.74, 6) is 0.768. The number of carbonyl (C=O) groups is 1. The van der Waals surface area contributed by atoms with E-state index in [2.05, 4.69) is 6.92 Å². The lowest BCUT2D eigenvalue weighted by Gasteiger charge is -2.25. The van der Waals surface area contributed by atoms with Gasteiger partial charge in [-0.3, -0.25) is 4.79 Å². The molecular formula is C11H23ClN2O2. The largest absolute Gasteiger partial charge is 0.370 e. The van der Waals surface area contributed by atoms with E-state index in [1.54, 1.807) is 0 Å². The van der Waals surface area contributed by atoms with Crippen molar-refractivity contribution in [2.24, 2.45) is 11.7 Å². The zero-order valence-corrected chi connectivity index (χ0v) is 11.0. The Balaban J connectivity index is 0.00000225. The number of hydrogen-bond acceptors (Lipinski definition) is 3. The number of amides is 1. The number of carbonyl (C=O) groups excluding carboxylic acids is 1. The second-order valence-electron chi connectivity index (χ2n) is 4.19. The first-order valence-corrected chi connectivity index (χ1v) is 5.74. The molecule has 0 aromatic carbocycles. The fraction of sp³-hybridized carbons (Fsp3) is 0.909. The second kappa shape index (κ2) is 7.87. The van der Waals surface area contributed by atoms with E-state index in [-0.39, 0.29) is 24.9 Å². The lowest BCUT2D eigenvalue weighted by Crippen LogP contribution is -2.44. The normalized spacial score (nSPS) is 16.4. The average Bonchev–Trinajstić information content (AvgIpc) is 3.03. The third-order valence-electron chi connectivity index (χ3n) is 2.75. The van der Waals surface area contributed by atoms with Gasteiger partial charge in [0.1, 0.15) is 6.10 Å². The summed E-state index contributed by atoms with van der Waals surface area (Å²) in [7, 11) is 1.54. The van der Waals surface area contributed by atoms with Crippen molar-refractivity contribution in [2.75, 3.05) is 26.7 Å². The van der Waals surface area contributed by atoms with Crippen LogP contribution in [0.15, 0.2) is 0 Å². The molecule has 0 radical (unpaired) electrons. The van der Waals surface area contributed by atoms with Gasteiger partial charge in [0.05, 0.1) is 0 Å². The highest BCUT2D eigenvalue weighted by Gasteiger charge is 2.29. The molecule has 0 aromatic heterocycles. The van der Waals surface area contributed by atoms with E-state index in [0.717, 1.165) is 25.4 Å². The molecular weight excluding hydrogens is 228 g/mol. The van der Waals surface area contributed by atoms with Gasteiger partial charge in [0.2, 0.25) is 0 Å². The lowest BCUT2D eigenvalue weighted by molar-refractivity contribution is -0.141. The zero-order valence-electron chi connectivity index (χ0n) is 10.1. The van der Waals surface area contributed by atoms with Crippen LogP contribution in [0.2, 0.25) is 0 Å². The van der Waals surface area contributed by atoms with Crippen LogP contribution in [0.25, 0.3) is 0 Å². The van der Waals surface area contributed by atoms with Crippen molar-refractivity contribution in [3.8, 4) is 0 Å². The maximum Gasteiger partial charge on any atom is 0.253 e. The molecule has 5 heteroatoms. The van der Waals surface area contributed by atoms with Crippen LogP contribution in [-0.4, -0.2) is 43.7 Å². The van der Waals surface area contributed by atoms with Gasteiger partial charge in [-0.25, -0.2) is 0 Å². The number of hydrogen-bond donors (Lipinski definition) is 1. The van der Waals surface area contributed by atoms with Crippen molar-refractivity contribution in [2.45, 2.75) is 32.3 Å². The molecule has 0 saturated heterocycles. The minimum absolute atomic E-state index is 0. The highest BCUT2D eigenvalue weighted by atomic mass is 35.5. The Morgan fingerprint density at radius 2 is 2.19 bits per heavy atom. The van der Waals surface area contributed by atoms with Crippen LogP contribution in [0.3, 0.4) is 0 Å². The van der Waals surface area contributed by atoms with Gasteiger partial charge in [-0.05, 0) is 25.2 Å². The van der Waals surface area contributed by atoms with E-state index in [4.69, 9.17) is 10.5 Å². The lowest BCUT2D eigenvalue weighted by atomic mass is 10.2. The van der Waals surface area contributed by atoms with Gasteiger partial charge in [-0.15, -0.1) is 12.4 Å². The Bertz CT molecular complexity index is 206. The molecule has 2 N–H and O–H groups in total. The number of rotatable bonds is 7. The molecule has 0 heterocycles. The molecule has 1 fully saturated rings. The summed E-state index contributed by atoms with van der Waals surface area (Å²) < 4.78 is 5.07. The number of nitrogens with zero attached hydrogens (tertiary/aromatic N) is 1. The summed E-state index contributed by atoms with van der Waals surface area (Å²) >= 11 is 0. The van der Waals surface area contributed by atoms with Crippen LogP contribution in [0.1, 0.15) is 26.2 Å². The monoisotopic (exact) mass is 250 g/mol. The van der Waals surface area contributed by atoms with Gasteiger partial charge in [0, 0.05) is 26.7 Å². The zero-order chi connectivity index (χ0) is 11.3. The number of methoxy groups -OCH3 is 1. The van der Waals surface area contributed by atoms with Crippen molar-refractivity contribution in [3.63, 3.8) is 0 Å². The predicted molar refractivity (Wildman–Crippen MR) is 66.7 cm³/mol. The van der Waals surface area contributed by atoms with E-state index in [9.17, 15) is 4.79 Å². The van der Waals surface area contributed by atoms with Crippen LogP contribution in [0.4, 0.5) is 0 Å². The molecule has 1 amide bonds. The van der Waals surface area contributed by atoms with E-state index < -0.39 is 6.10 Å². The van der Waals surface area contributed by atoms with Crippen molar-refractivity contribution in [3.05, 3.63) is 0 Å². The molecule has 0 aromatic rings. The molecule has 1 atom stereocenters. The Morgan fingerprint density at radius 1 is 1.56 bits per heavy atom. The average molecular weight is 251 g/mol. The summed E-state index contributed by atoms with van der Waals surface area (Å²) in [6, 6.07) is 0. The second-order valence-corrected chi connectivity index (χ2v) is 4.19. The molecule has 16 heavy (non-hydrogen) atoms. The quantitative estimate of drug-likeness (QED) is 0.734. The molecule has 96 valence electrons. The smallest absolute Gasteiger partial charge is 0.253 e. The summed E-state index contributed by atoms with van der Waals surface area (Å²) in [6.45, 7) is 4.04. The first kappa shape index (κ1) is 15.7. The minimum Gasteiger partial charge on any atom is -0.370 e. The molecule has 1 rings (SSSR count). The molecule has 1 saturated carbocycles. The number of halogens is 1. The van der Waals surface area contributed by atoms with Crippen LogP contribution < -0.4 is 5.73 Å². The molecule has 0 aliphatic heterocycles. The van der Waals surface area contributed by atoms with E-state index in [1.165, 1.54) is 20.0 Å². The van der Waals surface area contributed by atoms with E-state index >= 15 is 0 Å². The maximum atomic E-state index is 12.0. The van der Waals surface area contributed by atoms with Gasteiger partial charge >= 0.3 is 0 Å². The predicted octanol–water partition coefficient (Wildman–Crippen LogP) is 1.03. The number of ether oxygens (including phenoxy) is 1. The van der Waals surface area contributed by atoms with E-state index in [0.29, 0.717) is 0 Å². The molecule has 1 aliphatic rings. The Morgan fingerprint density at radius 3 is 2.56 bits per heavy atom. The van der Waals surface area contributed by atoms with Gasteiger partial charge in [-0.2, -0.15) is 0 Å². The molecule has 1 aliphatic carbocycles. The highest BCUT2D eigenvalue weighted by Crippen LogP contribution is 2.29. The summed E-state index contributed by atoms with van der Waals surface area (Å²) in [4.78, 5) is 13.9. The maximum absolute atomic E-state index is 12.0. The summed E-state index contributed by atoms with van der Waals surface area (Å²) in [5, 5.41) is 0. The van der Waals surface area contributed by atoms with Crippen LogP contribution >= 0.6 is 12.4 Å². The van der Waals surface area contributed by atoms with Crippen molar-refractivity contribution in [1.82, 2.24) is 4.90 Å². The SMILES string of the molecule is CCCN(CC1CC1)C(=O)C(CN)OC.Cl. The topological polar surface area (TPSA) is 55.6 Å². The first-order valence-electron chi connectivity index (χ1n) is 5.74. The van der Waals surface area contributed by atoms with Crippen LogP contribution in [0, 0.1) is 5.92 Å². The van der Waals surface area contributed by atoms with Crippen LogP contribution in [-0.2, 0) is 9.53 Å². The van der Waals surface area contributed by atoms with E-state index in [1.807, 2.05) is 4.90 Å². The minimum atomic E-state index is -0.463. The summed E-state index contributed by atoms with van der Waals surface area (Å²) in [5.41, 5.74) is 5.49. The molecule has 0 bridgehead atoms.